The number of allylic oxidation sites excluding steroid dienone is 1. The van der Waals surface area contributed by atoms with Gasteiger partial charge in [0.05, 0.1) is 18.1 Å². The van der Waals surface area contributed by atoms with Gasteiger partial charge in [0.2, 0.25) is 5.91 Å². The number of ether oxygens (including phenoxy) is 1. The highest BCUT2D eigenvalue weighted by molar-refractivity contribution is 7.91. The molecule has 2 aliphatic rings. The number of carbonyl (C=O) groups is 2. The van der Waals surface area contributed by atoms with Crippen molar-refractivity contribution in [1.29, 1.82) is 0 Å². The number of halogens is 1. The highest BCUT2D eigenvalue weighted by Gasteiger charge is 2.47. The van der Waals surface area contributed by atoms with Crippen LogP contribution >= 0.6 is 0 Å². The summed E-state index contributed by atoms with van der Waals surface area (Å²) in [6.45, 7) is 7.05. The molecule has 3 amide bonds. The Morgan fingerprint density at radius 2 is 1.94 bits per heavy atom. The van der Waals surface area contributed by atoms with Crippen LogP contribution in [0, 0.1) is 11.2 Å². The molecule has 0 bridgehead atoms. The summed E-state index contributed by atoms with van der Waals surface area (Å²) >= 11 is 0. The Morgan fingerprint density at radius 1 is 1.21 bits per heavy atom. The van der Waals surface area contributed by atoms with E-state index in [4.69, 9.17) is 4.74 Å². The van der Waals surface area contributed by atoms with Crippen LogP contribution in [0.3, 0.4) is 0 Å². The van der Waals surface area contributed by atoms with Crippen molar-refractivity contribution in [3.63, 3.8) is 0 Å². The van der Waals surface area contributed by atoms with Crippen LogP contribution in [-0.2, 0) is 20.0 Å². The monoisotopic (exact) mass is 480 g/mol. The summed E-state index contributed by atoms with van der Waals surface area (Å²) in [4.78, 5) is 24.4. The number of hydrogen-bond donors (Lipinski definition) is 1. The summed E-state index contributed by atoms with van der Waals surface area (Å²) < 4.78 is 45.4. The van der Waals surface area contributed by atoms with Crippen molar-refractivity contribution >= 4 is 21.8 Å². The van der Waals surface area contributed by atoms with Gasteiger partial charge in [0.15, 0.2) is 21.4 Å². The molecule has 0 aromatic heterocycles. The largest absolute Gasteiger partial charge is 0.490 e. The zero-order chi connectivity index (χ0) is 24.3. The van der Waals surface area contributed by atoms with Crippen molar-refractivity contribution in [1.82, 2.24) is 10.2 Å². The normalized spacial score (nSPS) is 18.5. The number of urea groups is 1. The third-order valence-corrected chi connectivity index (χ3v) is 7.63. The van der Waals surface area contributed by atoms with Crippen LogP contribution < -0.4 is 10.1 Å². The highest BCUT2D eigenvalue weighted by atomic mass is 32.2. The number of hydrogen-bond acceptors (Lipinski definition) is 5. The lowest BCUT2D eigenvalue weighted by Gasteiger charge is -2.25. The molecule has 1 aliphatic carbocycles. The molecule has 1 aliphatic heterocycles. The van der Waals surface area contributed by atoms with E-state index in [1.165, 1.54) is 11.0 Å². The van der Waals surface area contributed by atoms with E-state index < -0.39 is 27.1 Å². The molecule has 1 aromatic carbocycles. The molecule has 0 spiro atoms. The zero-order valence-electron chi connectivity index (χ0n) is 19.5. The highest BCUT2D eigenvalue weighted by Crippen LogP contribution is 2.50. The van der Waals surface area contributed by atoms with Gasteiger partial charge in [0.25, 0.3) is 0 Å². The molecule has 1 heterocycles. The number of benzene rings is 1. The van der Waals surface area contributed by atoms with Crippen molar-refractivity contribution in [3.05, 3.63) is 41.7 Å². The smallest absolute Gasteiger partial charge is 0.324 e. The van der Waals surface area contributed by atoms with Gasteiger partial charge in [-0.2, -0.15) is 0 Å². The maximum Gasteiger partial charge on any atom is 0.324 e. The molecular formula is C24H33FN2O5S. The molecule has 9 heteroatoms. The van der Waals surface area contributed by atoms with E-state index in [1.54, 1.807) is 24.3 Å². The third-order valence-electron chi connectivity index (χ3n) is 5.78. The second kappa shape index (κ2) is 9.83. The van der Waals surface area contributed by atoms with Crippen molar-refractivity contribution in [2.24, 2.45) is 5.41 Å². The Bertz CT molecular complexity index is 1030. The van der Waals surface area contributed by atoms with Crippen molar-refractivity contribution in [3.8, 4) is 5.75 Å². The SMILES string of the molecule is CC(C)(C)COc1cc(C2(CS(=O)(=O)CC/C=C/CN3CCC(=O)NC3=O)CC2)ccc1F. The van der Waals surface area contributed by atoms with Gasteiger partial charge in [0, 0.05) is 24.9 Å². The van der Waals surface area contributed by atoms with Gasteiger partial charge in [0.1, 0.15) is 0 Å². The molecule has 1 aromatic rings. The van der Waals surface area contributed by atoms with Gasteiger partial charge in [-0.05, 0) is 42.4 Å². The molecular weight excluding hydrogens is 447 g/mol. The molecule has 0 atom stereocenters. The van der Waals surface area contributed by atoms with E-state index in [9.17, 15) is 22.4 Å². The van der Waals surface area contributed by atoms with Crippen LogP contribution in [0.1, 0.15) is 52.0 Å². The third kappa shape index (κ3) is 7.28. The lowest BCUT2D eigenvalue weighted by molar-refractivity contribution is -0.121. The number of amides is 3. The summed E-state index contributed by atoms with van der Waals surface area (Å²) in [7, 11) is -3.33. The van der Waals surface area contributed by atoms with E-state index in [-0.39, 0.29) is 35.0 Å². The summed E-state index contributed by atoms with van der Waals surface area (Å²) in [5, 5.41) is 2.25. The van der Waals surface area contributed by atoms with E-state index >= 15 is 0 Å². The van der Waals surface area contributed by atoms with E-state index in [2.05, 4.69) is 5.32 Å². The Balaban J connectivity index is 1.54. The molecule has 0 unspecified atom stereocenters. The predicted octanol–water partition coefficient (Wildman–Crippen LogP) is 3.59. The summed E-state index contributed by atoms with van der Waals surface area (Å²) in [5.41, 5.74) is 0.206. The predicted molar refractivity (Wildman–Crippen MR) is 124 cm³/mol. The first-order valence-corrected chi connectivity index (χ1v) is 13.1. The fraction of sp³-hybridized carbons (Fsp3) is 0.583. The second-order valence-electron chi connectivity index (χ2n) is 10.2. The lowest BCUT2D eigenvalue weighted by atomic mass is 9.97. The minimum absolute atomic E-state index is 0.00447. The van der Waals surface area contributed by atoms with Crippen LogP contribution in [0.4, 0.5) is 9.18 Å². The Hall–Kier alpha value is -2.42. The first-order chi connectivity index (χ1) is 15.4. The minimum atomic E-state index is -3.33. The van der Waals surface area contributed by atoms with E-state index in [1.807, 2.05) is 20.8 Å². The minimum Gasteiger partial charge on any atom is -0.490 e. The van der Waals surface area contributed by atoms with Gasteiger partial charge in [-0.3, -0.25) is 10.1 Å². The molecule has 3 rings (SSSR count). The maximum absolute atomic E-state index is 14.2. The average molecular weight is 481 g/mol. The summed E-state index contributed by atoms with van der Waals surface area (Å²) in [6, 6.07) is 4.24. The number of sulfone groups is 1. The number of imide groups is 1. The molecule has 7 nitrogen and oxygen atoms in total. The fourth-order valence-electron chi connectivity index (χ4n) is 3.74. The zero-order valence-corrected chi connectivity index (χ0v) is 20.3. The molecule has 1 saturated heterocycles. The maximum atomic E-state index is 14.2. The van der Waals surface area contributed by atoms with Crippen molar-refractivity contribution in [2.45, 2.75) is 51.9 Å². The topological polar surface area (TPSA) is 92.8 Å². The Kier molecular flexibility index (Phi) is 7.51. The first-order valence-electron chi connectivity index (χ1n) is 11.3. The van der Waals surface area contributed by atoms with Crippen molar-refractivity contribution in [2.75, 3.05) is 31.2 Å². The number of nitrogens with one attached hydrogen (secondary N) is 1. The standard InChI is InChI=1S/C24H33FN2O5S/c1-23(2,3)16-32-20-15-18(7-8-19(20)25)24(10-11-24)17-33(30,31)14-6-4-5-12-27-13-9-21(28)26-22(27)29/h4-5,7-8,15H,6,9-14,16-17H2,1-3H3,(H,26,28,29)/b5-4+. The second-order valence-corrected chi connectivity index (χ2v) is 12.4. The van der Waals surface area contributed by atoms with Crippen LogP contribution in [0.5, 0.6) is 5.75 Å². The average Bonchev–Trinajstić information content (AvgIpc) is 3.47. The van der Waals surface area contributed by atoms with Gasteiger partial charge in [-0.25, -0.2) is 17.6 Å². The molecule has 33 heavy (non-hydrogen) atoms. The number of rotatable bonds is 10. The fourth-order valence-corrected chi connectivity index (χ4v) is 5.68. The first kappa shape index (κ1) is 25.2. The quantitative estimate of drug-likeness (QED) is 0.517. The van der Waals surface area contributed by atoms with E-state index in [0.717, 1.165) is 18.4 Å². The molecule has 0 radical (unpaired) electrons. The summed E-state index contributed by atoms with van der Waals surface area (Å²) in [5.74, 6) is -0.537. The Labute approximate surface area is 195 Å². The van der Waals surface area contributed by atoms with Gasteiger partial charge >= 0.3 is 6.03 Å². The molecule has 1 N–H and O–H groups in total. The molecule has 1 saturated carbocycles. The van der Waals surface area contributed by atoms with Crippen molar-refractivity contribution < 1.29 is 27.1 Å². The van der Waals surface area contributed by atoms with Crippen LogP contribution in [0.2, 0.25) is 0 Å². The summed E-state index contributed by atoms with van der Waals surface area (Å²) in [6.07, 6.45) is 5.59. The number of carbonyl (C=O) groups excluding carboxylic acids is 2. The lowest BCUT2D eigenvalue weighted by Crippen LogP contribution is -2.49. The molecule has 2 fully saturated rings. The van der Waals surface area contributed by atoms with Gasteiger partial charge in [-0.1, -0.05) is 39.0 Å². The van der Waals surface area contributed by atoms with Crippen LogP contribution in [0.25, 0.3) is 0 Å². The van der Waals surface area contributed by atoms with Crippen LogP contribution in [0.15, 0.2) is 30.4 Å². The number of nitrogens with zero attached hydrogens (tertiary/aromatic N) is 1. The van der Waals surface area contributed by atoms with E-state index in [0.29, 0.717) is 26.1 Å². The van der Waals surface area contributed by atoms with Gasteiger partial charge in [-0.15, -0.1) is 0 Å². The molecule has 182 valence electrons. The van der Waals surface area contributed by atoms with Crippen LogP contribution in [-0.4, -0.2) is 56.5 Å². The van der Waals surface area contributed by atoms with Gasteiger partial charge < -0.3 is 9.64 Å². The Morgan fingerprint density at radius 3 is 2.58 bits per heavy atom.